The first kappa shape index (κ1) is 15.5. The molecule has 0 aliphatic rings. The quantitative estimate of drug-likeness (QED) is 0.591. The molecule has 0 aliphatic carbocycles. The molecule has 0 spiro atoms. The Morgan fingerprint density at radius 1 is 1.28 bits per heavy atom. The Hall–Kier alpha value is -0.580. The lowest BCUT2D eigenvalue weighted by atomic mass is 9.84. The van der Waals surface area contributed by atoms with Crippen LogP contribution < -0.4 is 5.73 Å². The van der Waals surface area contributed by atoms with Crippen LogP contribution in [0.15, 0.2) is 18.2 Å². The van der Waals surface area contributed by atoms with Crippen molar-refractivity contribution in [1.82, 2.24) is 0 Å². The molecule has 0 saturated carbocycles. The molecular weight excluding hydrogens is 294 g/mol. The minimum absolute atomic E-state index is 0.0114. The van der Waals surface area contributed by atoms with Crippen LogP contribution in [0, 0.1) is 0 Å². The summed E-state index contributed by atoms with van der Waals surface area (Å²) >= 11 is 3.25. The van der Waals surface area contributed by atoms with Crippen molar-refractivity contribution in [3.05, 3.63) is 29.3 Å². The van der Waals surface area contributed by atoms with E-state index in [4.69, 9.17) is 5.73 Å². The lowest BCUT2D eigenvalue weighted by molar-refractivity contribution is 0.0177. The van der Waals surface area contributed by atoms with Gasteiger partial charge in [-0.25, -0.2) is 0 Å². The lowest BCUT2D eigenvalue weighted by Crippen LogP contribution is -2.21. The first-order chi connectivity index (χ1) is 8.27. The fourth-order valence-electron chi connectivity index (χ4n) is 1.77. The molecule has 2 unspecified atom stereocenters. The minimum Gasteiger partial charge on any atom is -0.398 e. The van der Waals surface area contributed by atoms with Crippen molar-refractivity contribution in [1.29, 1.82) is 0 Å². The molecule has 4 heteroatoms. The van der Waals surface area contributed by atoms with Crippen molar-refractivity contribution in [3.63, 3.8) is 0 Å². The molecule has 0 bridgehead atoms. The van der Waals surface area contributed by atoms with E-state index in [1.165, 1.54) is 0 Å². The van der Waals surface area contributed by atoms with Gasteiger partial charge in [-0.15, -0.1) is 0 Å². The minimum atomic E-state index is -0.940. The molecule has 0 saturated heterocycles. The summed E-state index contributed by atoms with van der Waals surface area (Å²) in [5, 5.41) is 20.6. The molecule has 0 aliphatic heterocycles. The molecule has 3 nitrogen and oxygen atoms in total. The molecular formula is C14H22BrNO2. The molecule has 4 N–H and O–H groups in total. The molecule has 0 amide bonds. The molecule has 0 aromatic heterocycles. The van der Waals surface area contributed by atoms with Crippen LogP contribution in [0.4, 0.5) is 5.69 Å². The number of nitrogen functional groups attached to an aromatic ring is 1. The van der Waals surface area contributed by atoms with Gasteiger partial charge in [0.2, 0.25) is 0 Å². The lowest BCUT2D eigenvalue weighted by Gasteiger charge is -2.24. The number of aliphatic hydroxyl groups excluding tert-OH is 2. The molecule has 1 aromatic rings. The van der Waals surface area contributed by atoms with Crippen LogP contribution in [-0.2, 0) is 5.41 Å². The van der Waals surface area contributed by atoms with Gasteiger partial charge in [-0.05, 0) is 23.5 Å². The van der Waals surface area contributed by atoms with E-state index in [0.29, 0.717) is 23.0 Å². The van der Waals surface area contributed by atoms with Gasteiger partial charge in [-0.1, -0.05) is 48.8 Å². The average Bonchev–Trinajstić information content (AvgIpc) is 2.27. The first-order valence-electron chi connectivity index (χ1n) is 6.09. The van der Waals surface area contributed by atoms with E-state index in [9.17, 15) is 10.2 Å². The summed E-state index contributed by atoms with van der Waals surface area (Å²) in [4.78, 5) is 0. The topological polar surface area (TPSA) is 66.5 Å². The van der Waals surface area contributed by atoms with Crippen LogP contribution in [0.2, 0.25) is 0 Å². The van der Waals surface area contributed by atoms with E-state index >= 15 is 0 Å². The summed E-state index contributed by atoms with van der Waals surface area (Å²) in [6, 6.07) is 5.64. The number of rotatable bonds is 4. The van der Waals surface area contributed by atoms with Crippen LogP contribution in [0.25, 0.3) is 0 Å². The highest BCUT2D eigenvalue weighted by Crippen LogP contribution is 2.30. The maximum atomic E-state index is 10.1. The third-order valence-electron chi connectivity index (χ3n) is 3.04. The maximum Gasteiger partial charge on any atom is 0.107 e. The molecule has 18 heavy (non-hydrogen) atoms. The van der Waals surface area contributed by atoms with Crippen molar-refractivity contribution < 1.29 is 10.2 Å². The average molecular weight is 316 g/mol. The molecule has 0 radical (unpaired) electrons. The third kappa shape index (κ3) is 3.70. The van der Waals surface area contributed by atoms with Gasteiger partial charge in [0.1, 0.15) is 6.10 Å². The van der Waals surface area contributed by atoms with Crippen molar-refractivity contribution >= 4 is 21.6 Å². The van der Waals surface area contributed by atoms with E-state index in [0.717, 1.165) is 5.56 Å². The van der Waals surface area contributed by atoms with Gasteiger partial charge >= 0.3 is 0 Å². The number of nitrogens with two attached hydrogens (primary N) is 1. The van der Waals surface area contributed by atoms with Crippen LogP contribution in [0.1, 0.15) is 44.4 Å². The van der Waals surface area contributed by atoms with Gasteiger partial charge in [-0.2, -0.15) is 0 Å². The van der Waals surface area contributed by atoms with Crippen molar-refractivity contribution in [2.24, 2.45) is 0 Å². The van der Waals surface area contributed by atoms with E-state index in [-0.39, 0.29) is 5.41 Å². The highest BCUT2D eigenvalue weighted by atomic mass is 79.9. The number of anilines is 1. The Morgan fingerprint density at radius 2 is 1.89 bits per heavy atom. The highest BCUT2D eigenvalue weighted by molar-refractivity contribution is 9.09. The second-order valence-electron chi connectivity index (χ2n) is 5.58. The van der Waals surface area contributed by atoms with Gasteiger partial charge in [0, 0.05) is 16.6 Å². The summed E-state index contributed by atoms with van der Waals surface area (Å²) in [6.07, 6.45) is -1.26. The third-order valence-corrected chi connectivity index (χ3v) is 3.50. The Labute approximate surface area is 117 Å². The summed E-state index contributed by atoms with van der Waals surface area (Å²) in [7, 11) is 0. The van der Waals surface area contributed by atoms with E-state index in [1.54, 1.807) is 6.07 Å². The predicted molar refractivity (Wildman–Crippen MR) is 78.9 cm³/mol. The van der Waals surface area contributed by atoms with Gasteiger partial charge in [-0.3, -0.25) is 0 Å². The van der Waals surface area contributed by atoms with Crippen molar-refractivity contribution in [3.8, 4) is 0 Å². The second kappa shape index (κ2) is 6.04. The molecule has 102 valence electrons. The van der Waals surface area contributed by atoms with Crippen LogP contribution in [-0.4, -0.2) is 21.6 Å². The fraction of sp³-hybridized carbons (Fsp3) is 0.571. The molecule has 2 atom stereocenters. The molecule has 0 heterocycles. The monoisotopic (exact) mass is 315 g/mol. The maximum absolute atomic E-state index is 10.1. The number of benzene rings is 1. The molecule has 1 rings (SSSR count). The normalized spacial score (nSPS) is 15.4. The van der Waals surface area contributed by atoms with E-state index in [2.05, 4.69) is 36.7 Å². The number of hydrogen-bond acceptors (Lipinski definition) is 3. The second-order valence-corrected chi connectivity index (χ2v) is 6.38. The Morgan fingerprint density at radius 3 is 2.39 bits per heavy atom. The predicted octanol–water partition coefficient (Wildman–Crippen LogP) is 2.75. The Kier molecular flexibility index (Phi) is 5.20. The van der Waals surface area contributed by atoms with E-state index < -0.39 is 12.2 Å². The molecule has 0 fully saturated rings. The number of halogens is 1. The standard InChI is InChI=1S/C14H22BrNO2/c1-14(2,3)9-4-5-11(16)10(8-9)13(18)12(17)6-7-15/h4-5,8,12-13,17-18H,6-7,16H2,1-3H3. The molecule has 1 aromatic carbocycles. The van der Waals surface area contributed by atoms with Gasteiger partial charge in [0.25, 0.3) is 0 Å². The summed E-state index contributed by atoms with van der Waals surface area (Å²) in [6.45, 7) is 6.30. The fourth-order valence-corrected chi connectivity index (χ4v) is 2.24. The smallest absolute Gasteiger partial charge is 0.107 e. The van der Waals surface area contributed by atoms with Crippen LogP contribution in [0.5, 0.6) is 0 Å². The van der Waals surface area contributed by atoms with Crippen molar-refractivity contribution in [2.75, 3.05) is 11.1 Å². The number of hydrogen-bond donors (Lipinski definition) is 3. The van der Waals surface area contributed by atoms with Gasteiger partial charge in [0.05, 0.1) is 6.10 Å². The Balaban J connectivity index is 3.08. The SMILES string of the molecule is CC(C)(C)c1ccc(N)c(C(O)C(O)CCBr)c1. The van der Waals surface area contributed by atoms with Crippen LogP contribution in [0.3, 0.4) is 0 Å². The van der Waals surface area contributed by atoms with Gasteiger partial charge in [0.15, 0.2) is 0 Å². The summed E-state index contributed by atoms with van der Waals surface area (Å²) in [5.74, 6) is 0. The zero-order chi connectivity index (χ0) is 13.9. The van der Waals surface area contributed by atoms with Gasteiger partial charge < -0.3 is 15.9 Å². The zero-order valence-electron chi connectivity index (χ0n) is 11.2. The largest absolute Gasteiger partial charge is 0.398 e. The highest BCUT2D eigenvalue weighted by Gasteiger charge is 2.22. The summed E-state index contributed by atoms with van der Waals surface area (Å²) < 4.78 is 0. The Bertz CT molecular complexity index is 401. The first-order valence-corrected chi connectivity index (χ1v) is 7.21. The van der Waals surface area contributed by atoms with Crippen LogP contribution >= 0.6 is 15.9 Å². The number of aliphatic hydroxyl groups is 2. The number of alkyl halides is 1. The zero-order valence-corrected chi connectivity index (χ0v) is 12.7. The van der Waals surface area contributed by atoms with Crippen molar-refractivity contribution in [2.45, 2.75) is 44.8 Å². The summed E-state index contributed by atoms with van der Waals surface area (Å²) in [5.41, 5.74) is 8.09. The van der Waals surface area contributed by atoms with E-state index in [1.807, 2.05) is 12.1 Å².